The van der Waals surface area contributed by atoms with Gasteiger partial charge < -0.3 is 39.1 Å². The third-order valence-electron chi connectivity index (χ3n) is 6.53. The SMILES string of the molecule is CC(=O)OC[C@H]1O[C@H](O)[C@@](O)(Oc2cc(C)cc3n[nH]c(CCc4ccc5occc5c4)c23)[C@@H](O)[C@@H]1O. The van der Waals surface area contributed by atoms with E-state index in [-0.39, 0.29) is 5.75 Å². The van der Waals surface area contributed by atoms with E-state index in [0.717, 1.165) is 27.8 Å². The molecule has 0 unspecified atom stereocenters. The zero-order chi connectivity index (χ0) is 26.3. The predicted octanol–water partition coefficient (Wildman–Crippen LogP) is 1.47. The number of rotatable bonds is 7. The van der Waals surface area contributed by atoms with Crippen molar-refractivity contribution in [3.05, 3.63) is 59.5 Å². The van der Waals surface area contributed by atoms with Gasteiger partial charge in [-0.2, -0.15) is 5.10 Å². The number of furan rings is 1. The smallest absolute Gasteiger partial charge is 0.302 e. The van der Waals surface area contributed by atoms with E-state index in [4.69, 9.17) is 18.6 Å². The molecule has 0 bridgehead atoms. The van der Waals surface area contributed by atoms with Crippen LogP contribution in [0.1, 0.15) is 23.7 Å². The normalized spacial score (nSPS) is 26.0. The molecular weight excluding hydrogens is 484 g/mol. The summed E-state index contributed by atoms with van der Waals surface area (Å²) in [6, 6.07) is 11.3. The van der Waals surface area contributed by atoms with E-state index in [2.05, 4.69) is 10.2 Å². The molecular formula is C26H28N2O9. The van der Waals surface area contributed by atoms with Gasteiger partial charge in [0.25, 0.3) is 5.79 Å². The van der Waals surface area contributed by atoms with Crippen molar-refractivity contribution in [1.29, 1.82) is 0 Å². The number of benzene rings is 2. The molecule has 2 aromatic heterocycles. The number of hydrogen-bond donors (Lipinski definition) is 5. The summed E-state index contributed by atoms with van der Waals surface area (Å²) < 4.78 is 21.3. The fourth-order valence-electron chi connectivity index (χ4n) is 4.57. The van der Waals surface area contributed by atoms with Crippen LogP contribution in [-0.4, -0.2) is 73.6 Å². The van der Waals surface area contributed by atoms with Gasteiger partial charge in [0.05, 0.1) is 17.2 Å². The maximum Gasteiger partial charge on any atom is 0.302 e. The molecule has 0 radical (unpaired) electrons. The second-order valence-corrected chi connectivity index (χ2v) is 9.27. The molecule has 2 aromatic carbocycles. The number of aliphatic hydroxyl groups is 4. The standard InChI is InChI=1S/C26H28N2O9/c1-13-9-18-22(17(27-28-18)5-3-15-4-6-19-16(11-15)7-8-34-19)20(10-13)37-26(33)24(31)23(30)21(36-25(26)32)12-35-14(2)29/h4,6-11,21,23-25,30-33H,3,5,12H2,1-2H3,(H,27,28)/t21-,23-,24+,25+,26+/m1/s1. The lowest BCUT2D eigenvalue weighted by Gasteiger charge is -2.45. The summed E-state index contributed by atoms with van der Waals surface area (Å²) in [4.78, 5) is 11.1. The summed E-state index contributed by atoms with van der Waals surface area (Å²) in [6.45, 7) is 2.55. The summed E-state index contributed by atoms with van der Waals surface area (Å²) in [5, 5.41) is 51.8. The number of fused-ring (bicyclic) bond motifs is 2. The van der Waals surface area contributed by atoms with E-state index in [1.54, 1.807) is 19.3 Å². The van der Waals surface area contributed by atoms with E-state index >= 15 is 0 Å². The van der Waals surface area contributed by atoms with Crippen LogP contribution < -0.4 is 4.74 Å². The molecule has 0 saturated carbocycles. The first-order chi connectivity index (χ1) is 17.7. The van der Waals surface area contributed by atoms with Gasteiger partial charge in [-0.3, -0.25) is 9.89 Å². The summed E-state index contributed by atoms with van der Waals surface area (Å²) in [7, 11) is 0. The minimum atomic E-state index is -2.71. The van der Waals surface area contributed by atoms with E-state index < -0.39 is 43.0 Å². The number of H-pyrrole nitrogens is 1. The first kappa shape index (κ1) is 25.2. The van der Waals surface area contributed by atoms with Crippen LogP contribution in [0.25, 0.3) is 21.9 Å². The molecule has 0 spiro atoms. The zero-order valence-electron chi connectivity index (χ0n) is 20.2. The van der Waals surface area contributed by atoms with Crippen LogP contribution in [0.5, 0.6) is 5.75 Å². The molecule has 1 aliphatic heterocycles. The lowest BCUT2D eigenvalue weighted by Crippen LogP contribution is -2.69. The topological polar surface area (TPSA) is 168 Å². The Hall–Kier alpha value is -3.48. The van der Waals surface area contributed by atoms with Crippen LogP contribution >= 0.6 is 0 Å². The Labute approximate surface area is 211 Å². The highest BCUT2D eigenvalue weighted by molar-refractivity contribution is 5.88. The summed E-state index contributed by atoms with van der Waals surface area (Å²) >= 11 is 0. The Bertz CT molecular complexity index is 1430. The lowest BCUT2D eigenvalue weighted by atomic mass is 9.95. The quantitative estimate of drug-likeness (QED) is 0.181. The van der Waals surface area contributed by atoms with Gasteiger partial charge in [-0.1, -0.05) is 6.07 Å². The number of esters is 1. The molecule has 11 nitrogen and oxygen atoms in total. The van der Waals surface area contributed by atoms with Crippen LogP contribution in [0.15, 0.2) is 47.1 Å². The molecule has 5 N–H and O–H groups in total. The number of carbonyl (C=O) groups is 1. The van der Waals surface area contributed by atoms with Gasteiger partial charge in [0, 0.05) is 18.0 Å². The number of ether oxygens (including phenoxy) is 3. The van der Waals surface area contributed by atoms with Crippen molar-refractivity contribution in [3.63, 3.8) is 0 Å². The van der Waals surface area contributed by atoms with Gasteiger partial charge >= 0.3 is 5.97 Å². The van der Waals surface area contributed by atoms with Crippen molar-refractivity contribution >= 4 is 27.8 Å². The van der Waals surface area contributed by atoms with Gasteiger partial charge in [0.1, 0.15) is 30.1 Å². The number of nitrogens with one attached hydrogen (secondary N) is 1. The number of aryl methyl sites for hydroxylation is 3. The first-order valence-electron chi connectivity index (χ1n) is 11.8. The Balaban J connectivity index is 1.41. The summed E-state index contributed by atoms with van der Waals surface area (Å²) in [6.07, 6.45) is -4.17. The number of nitrogens with zero attached hydrogens (tertiary/aromatic N) is 1. The Kier molecular flexibility index (Phi) is 6.65. The number of carbonyl (C=O) groups excluding carboxylic acids is 1. The molecule has 5 atom stereocenters. The van der Waals surface area contributed by atoms with Gasteiger partial charge in [0.2, 0.25) is 6.29 Å². The first-order valence-corrected chi connectivity index (χ1v) is 11.8. The molecule has 1 fully saturated rings. The molecule has 3 heterocycles. The molecule has 37 heavy (non-hydrogen) atoms. The molecule has 4 aromatic rings. The average Bonchev–Trinajstić information content (AvgIpc) is 3.49. The largest absolute Gasteiger partial charge is 0.464 e. The van der Waals surface area contributed by atoms with E-state index in [1.165, 1.54) is 6.92 Å². The van der Waals surface area contributed by atoms with Gasteiger partial charge in [-0.25, -0.2) is 0 Å². The van der Waals surface area contributed by atoms with Crippen LogP contribution in [0, 0.1) is 6.92 Å². The predicted molar refractivity (Wildman–Crippen MR) is 130 cm³/mol. The molecule has 1 saturated heterocycles. The highest BCUT2D eigenvalue weighted by Gasteiger charge is 2.57. The maximum atomic E-state index is 11.1. The highest BCUT2D eigenvalue weighted by atomic mass is 16.7. The van der Waals surface area contributed by atoms with E-state index in [1.807, 2.05) is 30.3 Å². The molecule has 11 heteroatoms. The van der Waals surface area contributed by atoms with Crippen LogP contribution in [0.3, 0.4) is 0 Å². The van der Waals surface area contributed by atoms with Gasteiger partial charge in [-0.05, 0) is 61.2 Å². The van der Waals surface area contributed by atoms with Crippen molar-refractivity contribution in [3.8, 4) is 5.75 Å². The van der Waals surface area contributed by atoms with E-state index in [0.29, 0.717) is 23.7 Å². The van der Waals surface area contributed by atoms with Crippen molar-refractivity contribution in [2.75, 3.05) is 6.61 Å². The lowest BCUT2D eigenvalue weighted by molar-refractivity contribution is -0.385. The molecule has 0 amide bonds. The number of hydrogen-bond acceptors (Lipinski definition) is 10. The molecule has 1 aliphatic rings. The minimum Gasteiger partial charge on any atom is -0.464 e. The third-order valence-corrected chi connectivity index (χ3v) is 6.53. The highest BCUT2D eigenvalue weighted by Crippen LogP contribution is 2.37. The minimum absolute atomic E-state index is 0.138. The molecule has 196 valence electrons. The van der Waals surface area contributed by atoms with E-state index in [9.17, 15) is 25.2 Å². The Morgan fingerprint density at radius 1 is 1.16 bits per heavy atom. The molecule has 0 aliphatic carbocycles. The average molecular weight is 513 g/mol. The third kappa shape index (κ3) is 4.79. The van der Waals surface area contributed by atoms with Crippen LogP contribution in [0.4, 0.5) is 0 Å². The second kappa shape index (κ2) is 9.77. The van der Waals surface area contributed by atoms with Crippen molar-refractivity contribution in [1.82, 2.24) is 10.2 Å². The Morgan fingerprint density at radius 3 is 2.76 bits per heavy atom. The van der Waals surface area contributed by atoms with Crippen LogP contribution in [-0.2, 0) is 27.1 Å². The molecule has 5 rings (SSSR count). The fraction of sp³-hybridized carbons (Fsp3) is 0.385. The fourth-order valence-corrected chi connectivity index (χ4v) is 4.57. The number of aliphatic hydroxyl groups excluding tert-OH is 3. The zero-order valence-corrected chi connectivity index (χ0v) is 20.2. The van der Waals surface area contributed by atoms with Crippen molar-refractivity contribution < 1.29 is 43.8 Å². The Morgan fingerprint density at radius 2 is 1.97 bits per heavy atom. The van der Waals surface area contributed by atoms with Gasteiger partial charge in [0.15, 0.2) is 6.10 Å². The van der Waals surface area contributed by atoms with Crippen molar-refractivity contribution in [2.24, 2.45) is 0 Å². The van der Waals surface area contributed by atoms with Crippen molar-refractivity contribution in [2.45, 2.75) is 57.1 Å². The number of aromatic nitrogens is 2. The second-order valence-electron chi connectivity index (χ2n) is 9.27. The van der Waals surface area contributed by atoms with Gasteiger partial charge in [-0.15, -0.1) is 0 Å². The summed E-state index contributed by atoms with van der Waals surface area (Å²) in [5.74, 6) is -3.21. The monoisotopic (exact) mass is 512 g/mol. The van der Waals surface area contributed by atoms with Crippen LogP contribution in [0.2, 0.25) is 0 Å². The maximum absolute atomic E-state index is 11.1. The summed E-state index contributed by atoms with van der Waals surface area (Å²) in [5.41, 5.74) is 3.92. The number of aromatic amines is 1.